The van der Waals surface area contributed by atoms with Crippen LogP contribution in [0.3, 0.4) is 0 Å². The number of hydrogen-bond acceptors (Lipinski definition) is 9. The number of sulfonamides is 1. The summed E-state index contributed by atoms with van der Waals surface area (Å²) >= 11 is 0. The molecule has 1 aliphatic rings. The van der Waals surface area contributed by atoms with Crippen LogP contribution in [0.2, 0.25) is 0 Å². The van der Waals surface area contributed by atoms with Crippen molar-refractivity contribution in [3.8, 4) is 5.75 Å². The molecule has 3 aromatic rings. The van der Waals surface area contributed by atoms with Gasteiger partial charge in [-0.15, -0.1) is 0 Å². The third-order valence-corrected chi connectivity index (χ3v) is 10.3. The molecule has 1 aromatic heterocycles. The molecule has 1 aliphatic heterocycles. The molecule has 14 heteroatoms. The largest absolute Gasteiger partial charge is 0.490 e. The van der Waals surface area contributed by atoms with E-state index in [9.17, 15) is 23.1 Å². The molecule has 13 nitrogen and oxygen atoms in total. The number of aryl methyl sites for hydroxylation is 2. The number of carbonyl (C=O) groups is 2. The molecular weight excluding hydrogens is 638 g/mol. The van der Waals surface area contributed by atoms with Gasteiger partial charge in [0.15, 0.2) is 5.76 Å². The van der Waals surface area contributed by atoms with Crippen LogP contribution in [0.15, 0.2) is 57.9 Å². The van der Waals surface area contributed by atoms with Crippen molar-refractivity contribution in [1.82, 2.24) is 14.4 Å². The Kier molecular flexibility index (Phi) is 12.6. The van der Waals surface area contributed by atoms with E-state index in [2.05, 4.69) is 15.8 Å². The molecule has 0 spiro atoms. The topological polar surface area (TPSA) is 164 Å². The summed E-state index contributed by atoms with van der Waals surface area (Å²) < 4.78 is 45.7. The molecule has 0 saturated heterocycles. The average Bonchev–Trinajstić information content (AvgIpc) is 3.38. The SMILES string of the molecule is Cc1noc(C)c1NC(=O)Nc1ccc2c(c1)C(=O)N([C@@H](C)CO)C[C@@H](C)[C@@H](CN(C)S(=O)(=O)c1ccccc1)OCCCC[C@@H](C)O2. The van der Waals surface area contributed by atoms with Crippen molar-refractivity contribution >= 4 is 33.3 Å². The Labute approximate surface area is 282 Å². The molecule has 262 valence electrons. The van der Waals surface area contributed by atoms with Crippen molar-refractivity contribution in [2.24, 2.45) is 5.92 Å². The van der Waals surface area contributed by atoms with Gasteiger partial charge >= 0.3 is 6.03 Å². The Bertz CT molecular complexity index is 1630. The first-order valence-electron chi connectivity index (χ1n) is 16.2. The van der Waals surface area contributed by atoms with Crippen LogP contribution in [-0.4, -0.2) is 91.4 Å². The van der Waals surface area contributed by atoms with Gasteiger partial charge in [-0.25, -0.2) is 13.2 Å². The molecule has 2 aromatic carbocycles. The summed E-state index contributed by atoms with van der Waals surface area (Å²) in [6.07, 6.45) is 1.43. The Morgan fingerprint density at radius 1 is 1.12 bits per heavy atom. The maximum Gasteiger partial charge on any atom is 0.323 e. The molecule has 0 unspecified atom stereocenters. The third-order valence-electron chi connectivity index (χ3n) is 8.47. The summed E-state index contributed by atoms with van der Waals surface area (Å²) in [5, 5.41) is 19.6. The van der Waals surface area contributed by atoms with Crippen molar-refractivity contribution in [1.29, 1.82) is 0 Å². The van der Waals surface area contributed by atoms with Gasteiger partial charge in [0, 0.05) is 38.3 Å². The normalized spacial score (nSPS) is 20.4. The van der Waals surface area contributed by atoms with Gasteiger partial charge in [-0.3, -0.25) is 4.79 Å². The molecule has 0 bridgehead atoms. The van der Waals surface area contributed by atoms with Gasteiger partial charge in [-0.1, -0.05) is 30.3 Å². The molecule has 48 heavy (non-hydrogen) atoms. The molecule has 0 fully saturated rings. The number of rotatable bonds is 8. The molecule has 3 amide bonds. The van der Waals surface area contributed by atoms with E-state index in [0.29, 0.717) is 41.6 Å². The van der Waals surface area contributed by atoms with Crippen molar-refractivity contribution in [2.75, 3.05) is 44.0 Å². The smallest absolute Gasteiger partial charge is 0.323 e. The summed E-state index contributed by atoms with van der Waals surface area (Å²) in [6, 6.07) is 11.9. The molecule has 2 heterocycles. The van der Waals surface area contributed by atoms with Gasteiger partial charge in [0.25, 0.3) is 5.91 Å². The van der Waals surface area contributed by atoms with Crippen molar-refractivity contribution in [3.05, 3.63) is 65.5 Å². The van der Waals surface area contributed by atoms with Crippen LogP contribution >= 0.6 is 0 Å². The van der Waals surface area contributed by atoms with Crippen molar-refractivity contribution < 1.29 is 37.1 Å². The number of nitrogens with one attached hydrogen (secondary N) is 2. The predicted molar refractivity (Wildman–Crippen MR) is 182 cm³/mol. The minimum Gasteiger partial charge on any atom is -0.490 e. The number of hydrogen-bond donors (Lipinski definition) is 3. The summed E-state index contributed by atoms with van der Waals surface area (Å²) in [7, 11) is -2.26. The van der Waals surface area contributed by atoms with Gasteiger partial charge in [0.2, 0.25) is 10.0 Å². The zero-order valence-corrected chi connectivity index (χ0v) is 29.2. The van der Waals surface area contributed by atoms with E-state index in [4.69, 9.17) is 14.0 Å². The highest BCUT2D eigenvalue weighted by Gasteiger charge is 2.32. The van der Waals surface area contributed by atoms with Gasteiger partial charge in [0.05, 0.1) is 35.3 Å². The van der Waals surface area contributed by atoms with Crippen molar-refractivity contribution in [2.45, 2.75) is 77.0 Å². The standard InChI is InChI=1S/C34H47N5O8S/c1-22-19-39(23(2)21-40)33(41)29-18-27(35-34(42)36-32-25(4)37-47-26(32)5)15-16-30(29)46-24(3)12-10-11-17-45-31(22)20-38(6)48(43,44)28-13-8-7-9-14-28/h7-9,13-16,18,22-24,31,40H,10-12,17,19-21H2,1-6H3,(H2,35,36,42)/t22-,23+,24-,31-/m1/s1. The number of urea groups is 1. The molecule has 4 rings (SSSR count). The lowest BCUT2D eigenvalue weighted by Gasteiger charge is -2.35. The van der Waals surface area contributed by atoms with Gasteiger partial charge < -0.3 is 34.6 Å². The number of aliphatic hydroxyl groups is 1. The lowest BCUT2D eigenvalue weighted by molar-refractivity contribution is -0.00833. The number of likely N-dealkylation sites (N-methyl/N-ethyl adjacent to an activating group) is 1. The minimum absolute atomic E-state index is 0.0678. The molecule has 0 saturated carbocycles. The molecule has 0 aliphatic carbocycles. The highest BCUT2D eigenvalue weighted by atomic mass is 32.2. The monoisotopic (exact) mass is 685 g/mol. The molecule has 4 atom stereocenters. The third kappa shape index (κ3) is 9.13. The van der Waals surface area contributed by atoms with E-state index in [-0.39, 0.29) is 42.2 Å². The Morgan fingerprint density at radius 2 is 1.85 bits per heavy atom. The number of carbonyl (C=O) groups excluding carboxylic acids is 2. The van der Waals surface area contributed by atoms with Crippen molar-refractivity contribution in [3.63, 3.8) is 0 Å². The zero-order valence-electron chi connectivity index (χ0n) is 28.4. The average molecular weight is 686 g/mol. The fourth-order valence-corrected chi connectivity index (χ4v) is 6.73. The number of nitrogens with zero attached hydrogens (tertiary/aromatic N) is 3. The Morgan fingerprint density at radius 3 is 2.52 bits per heavy atom. The highest BCUT2D eigenvalue weighted by molar-refractivity contribution is 7.89. The zero-order chi connectivity index (χ0) is 35.0. The molecule has 3 N–H and O–H groups in total. The number of benzene rings is 2. The van der Waals surface area contributed by atoms with Gasteiger partial charge in [0.1, 0.15) is 17.1 Å². The second kappa shape index (κ2) is 16.4. The van der Waals surface area contributed by atoms with E-state index in [1.165, 1.54) is 11.4 Å². The van der Waals surface area contributed by atoms with Crippen LogP contribution in [-0.2, 0) is 14.8 Å². The Balaban J connectivity index is 1.63. The second-order valence-electron chi connectivity index (χ2n) is 12.4. The number of fused-ring (bicyclic) bond motifs is 1. The first-order valence-corrected chi connectivity index (χ1v) is 17.6. The van der Waals surface area contributed by atoms with Crippen LogP contribution in [0.25, 0.3) is 0 Å². The Hall–Kier alpha value is -3.98. The lowest BCUT2D eigenvalue weighted by atomic mass is 10.0. The van der Waals surface area contributed by atoms with E-state index >= 15 is 0 Å². The van der Waals surface area contributed by atoms with E-state index < -0.39 is 34.1 Å². The van der Waals surface area contributed by atoms with E-state index in [1.54, 1.807) is 74.2 Å². The lowest BCUT2D eigenvalue weighted by Crippen LogP contribution is -2.48. The molecule has 0 radical (unpaired) electrons. The first kappa shape index (κ1) is 36.8. The second-order valence-corrected chi connectivity index (χ2v) is 14.4. The highest BCUT2D eigenvalue weighted by Crippen LogP contribution is 2.29. The number of anilines is 2. The number of amides is 3. The van der Waals surface area contributed by atoms with Crippen LogP contribution in [0.5, 0.6) is 5.75 Å². The quantitative estimate of drug-likeness (QED) is 0.294. The number of ether oxygens (including phenoxy) is 2. The van der Waals surface area contributed by atoms with Crippen LogP contribution < -0.4 is 15.4 Å². The van der Waals surface area contributed by atoms with Gasteiger partial charge in [-0.05, 0) is 77.3 Å². The van der Waals surface area contributed by atoms with E-state index in [1.807, 2.05) is 13.8 Å². The van der Waals surface area contributed by atoms with Crippen LogP contribution in [0, 0.1) is 19.8 Å². The van der Waals surface area contributed by atoms with Gasteiger partial charge in [-0.2, -0.15) is 4.31 Å². The van der Waals surface area contributed by atoms with E-state index in [0.717, 1.165) is 12.8 Å². The number of aliphatic hydroxyl groups excluding tert-OH is 1. The summed E-state index contributed by atoms with van der Waals surface area (Å²) in [6.45, 7) is 9.28. The summed E-state index contributed by atoms with van der Waals surface area (Å²) in [5.41, 5.74) is 1.54. The number of aromatic nitrogens is 1. The van der Waals surface area contributed by atoms with Crippen LogP contribution in [0.1, 0.15) is 61.8 Å². The maximum absolute atomic E-state index is 14.4. The maximum atomic E-state index is 14.4. The fraction of sp³-hybridized carbons (Fsp3) is 0.500. The first-order chi connectivity index (χ1) is 22.8. The fourth-order valence-electron chi connectivity index (χ4n) is 5.52. The predicted octanol–water partition coefficient (Wildman–Crippen LogP) is 5.05. The summed E-state index contributed by atoms with van der Waals surface area (Å²) in [4.78, 5) is 29.0. The van der Waals surface area contributed by atoms with Crippen LogP contribution in [0.4, 0.5) is 16.2 Å². The minimum atomic E-state index is -3.78. The molecular formula is C34H47N5O8S. The summed E-state index contributed by atoms with van der Waals surface area (Å²) in [5.74, 6) is 0.0648.